The summed E-state index contributed by atoms with van der Waals surface area (Å²) < 4.78 is 21.7. The first-order chi connectivity index (χ1) is 20.6. The SMILES string of the molecule is CC(C)(C)OC(=O)N1CCC(C(C)(O)c2cc(F)c3c(c2)C(=O)N(Cc2ccc(C#N)cn2)C3(O)c2ccc(Cl)cc2)CC1. The maximum absolute atomic E-state index is 16.2. The molecule has 0 bridgehead atoms. The van der Waals surface area contributed by atoms with Gasteiger partial charge in [-0.2, -0.15) is 5.26 Å². The number of halogens is 2. The number of likely N-dealkylation sites (tertiary alicyclic amines) is 1. The lowest BCUT2D eigenvalue weighted by Gasteiger charge is -2.40. The van der Waals surface area contributed by atoms with Gasteiger partial charge in [0.25, 0.3) is 5.91 Å². The highest BCUT2D eigenvalue weighted by molar-refractivity contribution is 6.30. The van der Waals surface area contributed by atoms with Crippen LogP contribution in [-0.4, -0.2) is 55.7 Å². The summed E-state index contributed by atoms with van der Waals surface area (Å²) >= 11 is 6.09. The number of carbonyl (C=O) groups excluding carboxylic acids is 2. The Kier molecular flexibility index (Phi) is 8.18. The molecule has 2 atom stereocenters. The van der Waals surface area contributed by atoms with E-state index in [0.717, 1.165) is 11.0 Å². The molecule has 2 aromatic carbocycles. The lowest BCUT2D eigenvalue weighted by molar-refractivity contribution is -0.0568. The van der Waals surface area contributed by atoms with Crippen LogP contribution in [0.2, 0.25) is 5.02 Å². The molecule has 0 saturated carbocycles. The van der Waals surface area contributed by atoms with E-state index in [1.165, 1.54) is 36.5 Å². The number of piperidine rings is 1. The van der Waals surface area contributed by atoms with Crippen molar-refractivity contribution in [3.63, 3.8) is 0 Å². The number of hydrogen-bond donors (Lipinski definition) is 2. The van der Waals surface area contributed by atoms with Crippen molar-refractivity contribution in [2.75, 3.05) is 13.1 Å². The van der Waals surface area contributed by atoms with E-state index in [9.17, 15) is 19.8 Å². The molecule has 1 saturated heterocycles. The molecule has 3 heterocycles. The first-order valence-corrected chi connectivity index (χ1v) is 14.7. The number of fused-ring (bicyclic) bond motifs is 1. The van der Waals surface area contributed by atoms with Gasteiger partial charge in [-0.25, -0.2) is 9.18 Å². The zero-order chi connectivity index (χ0) is 32.0. The highest BCUT2D eigenvalue weighted by Crippen LogP contribution is 2.47. The summed E-state index contributed by atoms with van der Waals surface area (Å²) in [6, 6.07) is 13.8. The van der Waals surface area contributed by atoms with E-state index < -0.39 is 34.7 Å². The van der Waals surface area contributed by atoms with E-state index >= 15 is 4.39 Å². The van der Waals surface area contributed by atoms with Gasteiger partial charge in [-0.05, 0) is 88.4 Å². The number of carbonyl (C=O) groups is 2. The second-order valence-corrected chi connectivity index (χ2v) is 12.9. The van der Waals surface area contributed by atoms with Gasteiger partial charge >= 0.3 is 6.09 Å². The Bertz CT molecular complexity index is 1620. The Morgan fingerprint density at radius 2 is 1.82 bits per heavy atom. The molecule has 0 aliphatic carbocycles. The lowest BCUT2D eigenvalue weighted by Crippen LogP contribution is -2.46. The summed E-state index contributed by atoms with van der Waals surface area (Å²) in [5.74, 6) is -1.85. The summed E-state index contributed by atoms with van der Waals surface area (Å²) in [6.45, 7) is 7.47. The Hall–Kier alpha value is -4.04. The van der Waals surface area contributed by atoms with Crippen LogP contribution in [0.1, 0.15) is 78.8 Å². The van der Waals surface area contributed by atoms with Crippen molar-refractivity contribution in [3.05, 3.63) is 99.1 Å². The van der Waals surface area contributed by atoms with Crippen LogP contribution in [-0.2, 0) is 22.6 Å². The van der Waals surface area contributed by atoms with Gasteiger partial charge in [-0.3, -0.25) is 14.7 Å². The topological polar surface area (TPSA) is 127 Å². The van der Waals surface area contributed by atoms with Crippen LogP contribution < -0.4 is 0 Å². The Labute approximate surface area is 260 Å². The van der Waals surface area contributed by atoms with Crippen LogP contribution in [0, 0.1) is 23.1 Å². The molecule has 11 heteroatoms. The van der Waals surface area contributed by atoms with Crippen LogP contribution in [0.3, 0.4) is 0 Å². The summed E-state index contributed by atoms with van der Waals surface area (Å²) in [6.07, 6.45) is 1.80. The molecular weight excluding hydrogens is 587 g/mol. The number of aromatic nitrogens is 1. The number of benzene rings is 2. The van der Waals surface area contributed by atoms with Gasteiger partial charge in [-0.1, -0.05) is 23.7 Å². The van der Waals surface area contributed by atoms with Crippen LogP contribution in [0.25, 0.3) is 0 Å². The van der Waals surface area contributed by atoms with Crippen molar-refractivity contribution < 1.29 is 28.9 Å². The highest BCUT2D eigenvalue weighted by atomic mass is 35.5. The number of pyridine rings is 1. The summed E-state index contributed by atoms with van der Waals surface area (Å²) in [4.78, 5) is 33.5. The highest BCUT2D eigenvalue weighted by Gasteiger charge is 2.53. The van der Waals surface area contributed by atoms with E-state index in [4.69, 9.17) is 21.6 Å². The van der Waals surface area contributed by atoms with E-state index in [0.29, 0.717) is 42.2 Å². The predicted octanol–water partition coefficient (Wildman–Crippen LogP) is 5.45. The number of rotatable bonds is 5. The molecule has 3 aromatic rings. The normalized spacial score (nSPS) is 20.2. The number of nitrogens with zero attached hydrogens (tertiary/aromatic N) is 4. The minimum atomic E-state index is -2.21. The molecule has 1 aromatic heterocycles. The quantitative estimate of drug-likeness (QED) is 0.388. The third kappa shape index (κ3) is 5.75. The molecule has 5 rings (SSSR count). The van der Waals surface area contributed by atoms with Gasteiger partial charge in [0.15, 0.2) is 5.72 Å². The van der Waals surface area contributed by atoms with Crippen LogP contribution >= 0.6 is 11.6 Å². The zero-order valence-electron chi connectivity index (χ0n) is 25.0. The van der Waals surface area contributed by atoms with Crippen LogP contribution in [0.5, 0.6) is 0 Å². The van der Waals surface area contributed by atoms with Gasteiger partial charge < -0.3 is 19.8 Å². The third-order valence-corrected chi connectivity index (χ3v) is 8.60. The van der Waals surface area contributed by atoms with Crippen LogP contribution in [0.15, 0.2) is 54.7 Å². The first-order valence-electron chi connectivity index (χ1n) is 14.4. The first kappa shape index (κ1) is 31.4. The molecular formula is C33H34ClFN4O5. The Morgan fingerprint density at radius 3 is 2.39 bits per heavy atom. The average Bonchev–Trinajstić information content (AvgIpc) is 3.19. The number of hydrogen-bond acceptors (Lipinski definition) is 7. The monoisotopic (exact) mass is 620 g/mol. The van der Waals surface area contributed by atoms with Gasteiger partial charge in [-0.15, -0.1) is 0 Å². The molecule has 1 fully saturated rings. The van der Waals surface area contributed by atoms with Gasteiger partial charge in [0.1, 0.15) is 17.5 Å². The minimum Gasteiger partial charge on any atom is -0.444 e. The Morgan fingerprint density at radius 1 is 1.16 bits per heavy atom. The van der Waals surface area contributed by atoms with Gasteiger partial charge in [0.05, 0.1) is 34.5 Å². The molecule has 2 amide bonds. The number of ether oxygens (including phenoxy) is 1. The molecule has 230 valence electrons. The fourth-order valence-electron chi connectivity index (χ4n) is 5.95. The Balaban J connectivity index is 1.49. The van der Waals surface area contributed by atoms with Crippen molar-refractivity contribution in [2.24, 2.45) is 5.92 Å². The van der Waals surface area contributed by atoms with Crippen molar-refractivity contribution >= 4 is 23.6 Å². The molecule has 0 spiro atoms. The molecule has 44 heavy (non-hydrogen) atoms. The maximum atomic E-state index is 16.2. The van der Waals surface area contributed by atoms with E-state index in [1.807, 2.05) is 6.07 Å². The van der Waals surface area contributed by atoms with Crippen LogP contribution in [0.4, 0.5) is 9.18 Å². The second-order valence-electron chi connectivity index (χ2n) is 12.5. The van der Waals surface area contributed by atoms with Gasteiger partial charge in [0, 0.05) is 29.9 Å². The fourth-order valence-corrected chi connectivity index (χ4v) is 6.08. The van der Waals surface area contributed by atoms with Crippen molar-refractivity contribution in [3.8, 4) is 6.07 Å². The van der Waals surface area contributed by atoms with Crippen molar-refractivity contribution in [1.82, 2.24) is 14.8 Å². The largest absolute Gasteiger partial charge is 0.444 e. The van der Waals surface area contributed by atoms with Crippen molar-refractivity contribution in [2.45, 2.75) is 64.0 Å². The van der Waals surface area contributed by atoms with E-state index in [-0.39, 0.29) is 34.7 Å². The maximum Gasteiger partial charge on any atom is 0.410 e. The predicted molar refractivity (Wildman–Crippen MR) is 160 cm³/mol. The van der Waals surface area contributed by atoms with E-state index in [1.54, 1.807) is 44.7 Å². The second kappa shape index (κ2) is 11.5. The fraction of sp³-hybridized carbons (Fsp3) is 0.394. The average molecular weight is 621 g/mol. The number of nitriles is 1. The standard InChI is InChI=1S/C33H34ClFN4O5/c1-31(2,3)44-30(41)38-13-11-21(12-14-38)32(4,42)23-15-26-28(27(35)16-23)33(43,22-6-8-24(34)9-7-22)39(29(26)40)19-25-10-5-20(17-36)18-37-25/h5-10,15-16,18,21,42-43H,11-14,19H2,1-4H3. The van der Waals surface area contributed by atoms with E-state index in [2.05, 4.69) is 4.98 Å². The van der Waals surface area contributed by atoms with Gasteiger partial charge in [0.2, 0.25) is 0 Å². The minimum absolute atomic E-state index is 0.0856. The molecule has 2 N–H and O–H groups in total. The third-order valence-electron chi connectivity index (χ3n) is 8.35. The molecule has 2 aliphatic heterocycles. The number of amides is 2. The van der Waals surface area contributed by atoms with Crippen molar-refractivity contribution in [1.29, 1.82) is 5.26 Å². The molecule has 2 aliphatic rings. The molecule has 9 nitrogen and oxygen atoms in total. The summed E-state index contributed by atoms with van der Waals surface area (Å²) in [7, 11) is 0. The molecule has 2 unspecified atom stereocenters. The smallest absolute Gasteiger partial charge is 0.410 e. The lowest BCUT2D eigenvalue weighted by atomic mass is 9.76. The number of aliphatic hydroxyl groups is 2. The summed E-state index contributed by atoms with van der Waals surface area (Å²) in [5.41, 5.74) is -3.60. The zero-order valence-corrected chi connectivity index (χ0v) is 25.7. The summed E-state index contributed by atoms with van der Waals surface area (Å²) in [5, 5.41) is 33.5. The molecule has 0 radical (unpaired) electrons.